The fourth-order valence-corrected chi connectivity index (χ4v) is 1.44. The number of hydrogen-bond donors (Lipinski definition) is 1. The lowest BCUT2D eigenvalue weighted by molar-refractivity contribution is 0.824. The standard InChI is InChI=1S/C11H13N3.H2O/c1-9-13-6-7-14(9)11-4-2-10(8-12)3-5-11;/h2-7H,8,12H2,1H3;1H2. The van der Waals surface area contributed by atoms with E-state index >= 15 is 0 Å². The summed E-state index contributed by atoms with van der Waals surface area (Å²) in [4.78, 5) is 4.17. The summed E-state index contributed by atoms with van der Waals surface area (Å²) in [7, 11) is 0. The van der Waals surface area contributed by atoms with Crippen LogP contribution in [0.3, 0.4) is 0 Å². The van der Waals surface area contributed by atoms with Crippen molar-refractivity contribution in [3.63, 3.8) is 0 Å². The Kier molecular flexibility index (Phi) is 3.60. The number of benzene rings is 1. The Hall–Kier alpha value is -1.65. The molecule has 1 aromatic heterocycles. The molecule has 0 atom stereocenters. The predicted molar refractivity (Wildman–Crippen MR) is 59.8 cm³/mol. The summed E-state index contributed by atoms with van der Waals surface area (Å²) in [5, 5.41) is 0. The first kappa shape index (κ1) is 11.4. The third-order valence-corrected chi connectivity index (χ3v) is 2.28. The average Bonchev–Trinajstić information content (AvgIpc) is 2.65. The quantitative estimate of drug-likeness (QED) is 0.787. The van der Waals surface area contributed by atoms with Crippen LogP contribution in [0.25, 0.3) is 5.69 Å². The van der Waals surface area contributed by atoms with E-state index in [2.05, 4.69) is 17.1 Å². The van der Waals surface area contributed by atoms with Crippen LogP contribution in [-0.2, 0) is 6.54 Å². The molecule has 1 heterocycles. The van der Waals surface area contributed by atoms with Crippen molar-refractivity contribution >= 4 is 0 Å². The van der Waals surface area contributed by atoms with Gasteiger partial charge in [0.15, 0.2) is 0 Å². The SMILES string of the molecule is Cc1nccn1-c1ccc(CN)cc1.O. The van der Waals surface area contributed by atoms with Crippen molar-refractivity contribution in [1.82, 2.24) is 9.55 Å². The maximum absolute atomic E-state index is 5.53. The molecule has 4 heteroatoms. The Morgan fingerprint density at radius 2 is 1.93 bits per heavy atom. The van der Waals surface area contributed by atoms with Gasteiger partial charge >= 0.3 is 0 Å². The second kappa shape index (κ2) is 4.72. The lowest BCUT2D eigenvalue weighted by Gasteiger charge is -2.05. The molecule has 4 N–H and O–H groups in total. The van der Waals surface area contributed by atoms with Gasteiger partial charge in [-0.2, -0.15) is 0 Å². The fraction of sp³-hybridized carbons (Fsp3) is 0.182. The Labute approximate surface area is 88.7 Å². The number of hydrogen-bond acceptors (Lipinski definition) is 2. The molecule has 80 valence electrons. The molecular formula is C11H15N3O. The van der Waals surface area contributed by atoms with Crippen molar-refractivity contribution in [3.05, 3.63) is 48.0 Å². The van der Waals surface area contributed by atoms with E-state index in [1.54, 1.807) is 6.20 Å². The zero-order valence-corrected chi connectivity index (χ0v) is 8.64. The number of rotatable bonds is 2. The van der Waals surface area contributed by atoms with Crippen LogP contribution < -0.4 is 5.73 Å². The molecule has 0 radical (unpaired) electrons. The third kappa shape index (κ3) is 2.23. The highest BCUT2D eigenvalue weighted by Crippen LogP contribution is 2.11. The van der Waals surface area contributed by atoms with E-state index < -0.39 is 0 Å². The van der Waals surface area contributed by atoms with Gasteiger partial charge in [0.25, 0.3) is 0 Å². The van der Waals surface area contributed by atoms with Gasteiger partial charge in [0, 0.05) is 24.6 Å². The second-order valence-electron chi connectivity index (χ2n) is 3.22. The minimum absolute atomic E-state index is 0. The van der Waals surface area contributed by atoms with Gasteiger partial charge in [-0.1, -0.05) is 12.1 Å². The van der Waals surface area contributed by atoms with Gasteiger partial charge in [0.05, 0.1) is 0 Å². The van der Waals surface area contributed by atoms with Gasteiger partial charge in [0.1, 0.15) is 5.82 Å². The molecule has 1 aromatic carbocycles. The highest BCUT2D eigenvalue weighted by molar-refractivity contribution is 5.35. The smallest absolute Gasteiger partial charge is 0.110 e. The molecule has 15 heavy (non-hydrogen) atoms. The Balaban J connectivity index is 0.00000112. The van der Waals surface area contributed by atoms with E-state index in [0.29, 0.717) is 6.54 Å². The van der Waals surface area contributed by atoms with Crippen molar-refractivity contribution < 1.29 is 5.48 Å². The van der Waals surface area contributed by atoms with Gasteiger partial charge in [-0.3, -0.25) is 0 Å². The topological polar surface area (TPSA) is 75.3 Å². The summed E-state index contributed by atoms with van der Waals surface area (Å²) < 4.78 is 2.04. The van der Waals surface area contributed by atoms with E-state index in [1.807, 2.05) is 29.8 Å². The van der Waals surface area contributed by atoms with E-state index in [-0.39, 0.29) is 5.48 Å². The number of nitrogens with two attached hydrogens (primary N) is 1. The fourth-order valence-electron chi connectivity index (χ4n) is 1.44. The van der Waals surface area contributed by atoms with Crippen LogP contribution in [0.2, 0.25) is 0 Å². The van der Waals surface area contributed by atoms with E-state index in [4.69, 9.17) is 5.73 Å². The molecule has 4 nitrogen and oxygen atoms in total. The maximum atomic E-state index is 5.53. The monoisotopic (exact) mass is 205 g/mol. The van der Waals surface area contributed by atoms with Gasteiger partial charge in [0.2, 0.25) is 0 Å². The average molecular weight is 205 g/mol. The summed E-state index contributed by atoms with van der Waals surface area (Å²) in [6.45, 7) is 2.57. The Morgan fingerprint density at radius 1 is 1.27 bits per heavy atom. The lowest BCUT2D eigenvalue weighted by atomic mass is 10.2. The summed E-state index contributed by atoms with van der Waals surface area (Å²) in [6.07, 6.45) is 3.75. The number of imidazole rings is 1. The third-order valence-electron chi connectivity index (χ3n) is 2.28. The molecule has 0 aliphatic heterocycles. The van der Waals surface area contributed by atoms with Crippen LogP contribution in [0.4, 0.5) is 0 Å². The number of nitrogens with zero attached hydrogens (tertiary/aromatic N) is 2. The van der Waals surface area contributed by atoms with Crippen LogP contribution >= 0.6 is 0 Å². The number of aromatic nitrogens is 2. The van der Waals surface area contributed by atoms with Gasteiger partial charge in [-0.25, -0.2) is 4.98 Å². The second-order valence-corrected chi connectivity index (χ2v) is 3.22. The molecule has 2 rings (SSSR count). The lowest BCUT2D eigenvalue weighted by Crippen LogP contribution is -1.98. The molecular weight excluding hydrogens is 190 g/mol. The zero-order chi connectivity index (χ0) is 9.97. The molecule has 0 aliphatic carbocycles. The highest BCUT2D eigenvalue weighted by atomic mass is 16.0. The molecule has 0 amide bonds. The van der Waals surface area contributed by atoms with Crippen LogP contribution in [-0.4, -0.2) is 15.0 Å². The normalized spacial score (nSPS) is 9.73. The minimum Gasteiger partial charge on any atom is -0.412 e. The van der Waals surface area contributed by atoms with Gasteiger partial charge in [-0.05, 0) is 24.6 Å². The maximum Gasteiger partial charge on any atom is 0.110 e. The largest absolute Gasteiger partial charge is 0.412 e. The van der Waals surface area contributed by atoms with E-state index in [1.165, 1.54) is 0 Å². The van der Waals surface area contributed by atoms with Crippen LogP contribution in [0.1, 0.15) is 11.4 Å². The molecule has 0 fully saturated rings. The van der Waals surface area contributed by atoms with Gasteiger partial charge < -0.3 is 15.8 Å². The van der Waals surface area contributed by atoms with Crippen LogP contribution in [0.15, 0.2) is 36.7 Å². The van der Waals surface area contributed by atoms with E-state index in [9.17, 15) is 0 Å². The van der Waals surface area contributed by atoms with Crippen LogP contribution in [0, 0.1) is 6.92 Å². The molecule has 0 unspecified atom stereocenters. The molecule has 0 bridgehead atoms. The van der Waals surface area contributed by atoms with Crippen molar-refractivity contribution in [2.45, 2.75) is 13.5 Å². The predicted octanol–water partition coefficient (Wildman–Crippen LogP) is 0.815. The Bertz CT molecular complexity index is 420. The van der Waals surface area contributed by atoms with Gasteiger partial charge in [-0.15, -0.1) is 0 Å². The van der Waals surface area contributed by atoms with Crippen molar-refractivity contribution in [2.75, 3.05) is 0 Å². The summed E-state index contributed by atoms with van der Waals surface area (Å²) in [6, 6.07) is 8.18. The zero-order valence-electron chi connectivity index (χ0n) is 8.64. The van der Waals surface area contributed by atoms with Crippen molar-refractivity contribution in [1.29, 1.82) is 0 Å². The van der Waals surface area contributed by atoms with Crippen LogP contribution in [0.5, 0.6) is 0 Å². The Morgan fingerprint density at radius 3 is 2.40 bits per heavy atom. The van der Waals surface area contributed by atoms with Crippen molar-refractivity contribution in [3.8, 4) is 5.69 Å². The molecule has 0 aliphatic rings. The highest BCUT2D eigenvalue weighted by Gasteiger charge is 1.99. The molecule has 0 saturated carbocycles. The molecule has 0 saturated heterocycles. The van der Waals surface area contributed by atoms with Crippen molar-refractivity contribution in [2.24, 2.45) is 5.73 Å². The molecule has 2 aromatic rings. The molecule has 0 spiro atoms. The van der Waals surface area contributed by atoms with E-state index in [0.717, 1.165) is 17.1 Å². The first-order valence-corrected chi connectivity index (χ1v) is 4.60. The minimum atomic E-state index is 0. The summed E-state index contributed by atoms with van der Waals surface area (Å²) in [5.74, 6) is 0.991. The first-order valence-electron chi connectivity index (χ1n) is 4.60. The summed E-state index contributed by atoms with van der Waals surface area (Å²) in [5.41, 5.74) is 7.80. The number of aryl methyl sites for hydroxylation is 1. The first-order chi connectivity index (χ1) is 6.81. The summed E-state index contributed by atoms with van der Waals surface area (Å²) >= 11 is 0.